The molecule has 0 unspecified atom stereocenters. The topological polar surface area (TPSA) is 145 Å². The van der Waals surface area contributed by atoms with E-state index in [1.54, 1.807) is 0 Å². The average Bonchev–Trinajstić information content (AvgIpc) is 3.76. The van der Waals surface area contributed by atoms with E-state index in [4.69, 9.17) is 13.5 Å². The van der Waals surface area contributed by atoms with E-state index in [0.29, 0.717) is 47.3 Å². The molecule has 4 heterocycles. The molecule has 48 heavy (non-hydrogen) atoms. The molecule has 0 saturated carbocycles. The summed E-state index contributed by atoms with van der Waals surface area (Å²) in [4.78, 5) is 8.57. The Morgan fingerprint density at radius 3 is 1.19 bits per heavy atom. The van der Waals surface area contributed by atoms with Crippen molar-refractivity contribution < 1.29 is 13.5 Å². The summed E-state index contributed by atoms with van der Waals surface area (Å²) in [6, 6.07) is 2.04. The van der Waals surface area contributed by atoms with Gasteiger partial charge in [0.15, 0.2) is 11.6 Å². The van der Waals surface area contributed by atoms with Crippen LogP contribution in [0.25, 0.3) is 0 Å². The van der Waals surface area contributed by atoms with Gasteiger partial charge in [0.2, 0.25) is 17.7 Å². The monoisotopic (exact) mass is 679 g/mol. The third kappa shape index (κ3) is 17.7. The highest BCUT2D eigenvalue weighted by Gasteiger charge is 2.13. The molecule has 4 aromatic rings. The minimum absolute atomic E-state index is 0. The molecule has 0 aliphatic rings. The first kappa shape index (κ1) is 51.5. The highest BCUT2D eigenvalue weighted by atomic mass is 16.5. The van der Waals surface area contributed by atoms with Crippen molar-refractivity contribution in [3.63, 3.8) is 0 Å². The van der Waals surface area contributed by atoms with Gasteiger partial charge in [0.05, 0.1) is 5.69 Å². The quantitative estimate of drug-likeness (QED) is 0.191. The van der Waals surface area contributed by atoms with Crippen molar-refractivity contribution in [3.8, 4) is 0 Å². The van der Waals surface area contributed by atoms with Gasteiger partial charge in [-0.25, -0.2) is 4.98 Å². The zero-order chi connectivity index (χ0) is 33.7. The molecule has 0 fully saturated rings. The fourth-order valence-corrected chi connectivity index (χ4v) is 3.08. The molecule has 11 heteroatoms. The summed E-state index contributed by atoms with van der Waals surface area (Å²) in [6.07, 6.45) is 0. The molecule has 0 spiro atoms. The van der Waals surface area contributed by atoms with Crippen molar-refractivity contribution in [3.05, 3.63) is 52.7 Å². The molecule has 0 radical (unpaired) electrons. The van der Waals surface area contributed by atoms with Crippen LogP contribution in [-0.4, -0.2) is 40.7 Å². The SMILES string of the molecule is C.C.C.C.CC(C)c1cc(C(C)C)on1.CC(C)c1n[nH]c(C(C)C)n1.CC(C)c1nnc(C(C)C)o1.CC(C)c1noc(C(C)C)n1. The summed E-state index contributed by atoms with van der Waals surface area (Å²) in [5.41, 5.74) is 1.05. The number of rotatable bonds is 8. The van der Waals surface area contributed by atoms with Crippen LogP contribution in [0.1, 0.15) is 234 Å². The molecular weight excluding hydrogens is 604 g/mol. The Labute approximate surface area is 294 Å². The van der Waals surface area contributed by atoms with Crippen LogP contribution in [0.5, 0.6) is 0 Å². The molecular formula is C37H74N8O3. The highest BCUT2D eigenvalue weighted by molar-refractivity contribution is 5.11. The molecule has 0 atom stereocenters. The van der Waals surface area contributed by atoms with Crippen molar-refractivity contribution in [1.29, 1.82) is 0 Å². The number of nitrogens with zero attached hydrogens (tertiary/aromatic N) is 7. The second-order valence-corrected chi connectivity index (χ2v) is 13.4. The lowest BCUT2D eigenvalue weighted by Gasteiger charge is -1.96. The van der Waals surface area contributed by atoms with Gasteiger partial charge in [-0.1, -0.05) is 151 Å². The van der Waals surface area contributed by atoms with Gasteiger partial charge < -0.3 is 13.5 Å². The summed E-state index contributed by atoms with van der Waals surface area (Å²) in [7, 11) is 0. The second kappa shape index (κ2) is 24.7. The van der Waals surface area contributed by atoms with Crippen LogP contribution < -0.4 is 0 Å². The van der Waals surface area contributed by atoms with Gasteiger partial charge in [-0.15, -0.1) is 10.2 Å². The zero-order valence-corrected chi connectivity index (χ0v) is 30.1. The Hall–Kier alpha value is -3.37. The summed E-state index contributed by atoms with van der Waals surface area (Å²) < 4.78 is 15.5. The first-order chi connectivity index (χ1) is 20.4. The number of nitrogens with one attached hydrogen (secondary N) is 1. The maximum Gasteiger partial charge on any atom is 0.229 e. The van der Waals surface area contributed by atoms with Crippen molar-refractivity contribution >= 4 is 0 Å². The maximum absolute atomic E-state index is 5.38. The molecule has 280 valence electrons. The van der Waals surface area contributed by atoms with Gasteiger partial charge in [-0.3, -0.25) is 5.10 Å². The minimum atomic E-state index is 0. The number of hydrogen-bond acceptors (Lipinski definition) is 10. The van der Waals surface area contributed by atoms with Crippen molar-refractivity contribution in [1.82, 2.24) is 40.7 Å². The van der Waals surface area contributed by atoms with Gasteiger partial charge in [-0.05, 0) is 5.92 Å². The molecule has 0 saturated heterocycles. The van der Waals surface area contributed by atoms with Crippen molar-refractivity contribution in [2.24, 2.45) is 0 Å². The molecule has 4 rings (SSSR count). The van der Waals surface area contributed by atoms with E-state index in [1.165, 1.54) is 0 Å². The van der Waals surface area contributed by atoms with E-state index in [9.17, 15) is 0 Å². The minimum Gasteiger partial charge on any atom is -0.425 e. The van der Waals surface area contributed by atoms with E-state index in [0.717, 1.165) is 46.6 Å². The Bertz CT molecular complexity index is 1020. The lowest BCUT2D eigenvalue weighted by atomic mass is 10.1. The van der Waals surface area contributed by atoms with Crippen LogP contribution in [0.4, 0.5) is 0 Å². The van der Waals surface area contributed by atoms with Crippen LogP contribution in [0.15, 0.2) is 19.5 Å². The predicted molar refractivity (Wildman–Crippen MR) is 201 cm³/mol. The van der Waals surface area contributed by atoms with Crippen molar-refractivity contribution in [2.75, 3.05) is 0 Å². The molecule has 0 bridgehead atoms. The van der Waals surface area contributed by atoms with Gasteiger partial charge in [0.1, 0.15) is 11.6 Å². The Morgan fingerprint density at radius 2 is 0.958 bits per heavy atom. The van der Waals surface area contributed by atoms with E-state index in [1.807, 2.05) is 47.6 Å². The predicted octanol–water partition coefficient (Wildman–Crippen LogP) is 12.2. The lowest BCUT2D eigenvalue weighted by Crippen LogP contribution is -1.92. The summed E-state index contributed by atoms with van der Waals surface area (Å²) in [5, 5.41) is 22.7. The van der Waals surface area contributed by atoms with E-state index < -0.39 is 0 Å². The Kier molecular flexibility index (Phi) is 26.5. The van der Waals surface area contributed by atoms with Gasteiger partial charge in [0.25, 0.3) is 0 Å². The van der Waals surface area contributed by atoms with Crippen LogP contribution in [0.3, 0.4) is 0 Å². The first-order valence-corrected chi connectivity index (χ1v) is 16.0. The molecule has 0 amide bonds. The second-order valence-electron chi connectivity index (χ2n) is 13.4. The maximum atomic E-state index is 5.38. The van der Waals surface area contributed by atoms with Crippen LogP contribution in [0.2, 0.25) is 0 Å². The van der Waals surface area contributed by atoms with Gasteiger partial charge in [0, 0.05) is 47.5 Å². The fourth-order valence-electron chi connectivity index (χ4n) is 3.08. The van der Waals surface area contributed by atoms with E-state index >= 15 is 0 Å². The molecule has 0 aliphatic heterocycles. The van der Waals surface area contributed by atoms with Crippen molar-refractivity contribution in [2.45, 2.75) is 188 Å². The average molecular weight is 679 g/mol. The number of aromatic amines is 1. The zero-order valence-electron chi connectivity index (χ0n) is 30.1. The highest BCUT2D eigenvalue weighted by Crippen LogP contribution is 2.20. The summed E-state index contributed by atoms with van der Waals surface area (Å²) in [6.45, 7) is 33.2. The van der Waals surface area contributed by atoms with Gasteiger partial charge in [-0.2, -0.15) is 10.1 Å². The molecule has 1 N–H and O–H groups in total. The number of H-pyrrole nitrogens is 1. The van der Waals surface area contributed by atoms with Crippen LogP contribution >= 0.6 is 0 Å². The standard InChI is InChI=1S/C9H15NO.C8H15N3.2C8H14N2O.4CH4/c1-6(2)8-5-9(7(3)4)11-10-8;1-5(2)7-9-8(6(3)4)11-10-7;1-5(2)7-9-10-8(11-7)6(3)4;1-5(2)7-9-8(6(3)4)11-10-7;;;;/h5-7H,1-4H3;5-6H,1-4H3,(H,9,10,11);2*5-6H,1-4H3;4*1H4. The number of hydrogen-bond donors (Lipinski definition) is 1. The molecule has 11 nitrogen and oxygen atoms in total. The third-order valence-electron chi connectivity index (χ3n) is 6.20. The Morgan fingerprint density at radius 1 is 0.479 bits per heavy atom. The number of aromatic nitrogens is 8. The largest absolute Gasteiger partial charge is 0.425 e. The smallest absolute Gasteiger partial charge is 0.229 e. The summed E-state index contributed by atoms with van der Waals surface area (Å²) >= 11 is 0. The molecule has 4 aromatic heterocycles. The van der Waals surface area contributed by atoms with E-state index in [2.05, 4.69) is 110 Å². The normalized spacial score (nSPS) is 10.5. The van der Waals surface area contributed by atoms with Crippen LogP contribution in [0, 0.1) is 0 Å². The van der Waals surface area contributed by atoms with E-state index in [-0.39, 0.29) is 29.7 Å². The third-order valence-corrected chi connectivity index (χ3v) is 6.20. The Balaban J connectivity index is -0.000000262. The van der Waals surface area contributed by atoms with Gasteiger partial charge >= 0.3 is 0 Å². The first-order valence-electron chi connectivity index (χ1n) is 16.0. The molecule has 0 aromatic carbocycles. The van der Waals surface area contributed by atoms with Crippen LogP contribution in [-0.2, 0) is 0 Å². The summed E-state index contributed by atoms with van der Waals surface area (Å²) in [5.74, 6) is 8.96. The molecule has 0 aliphatic carbocycles. The lowest BCUT2D eigenvalue weighted by molar-refractivity contribution is 0.359. The fraction of sp³-hybridized carbons (Fsp3) is 0.757.